The summed E-state index contributed by atoms with van der Waals surface area (Å²) in [6, 6.07) is 7.59. The molecular formula is C15H10BrF3O. The van der Waals surface area contributed by atoms with Gasteiger partial charge in [-0.25, -0.2) is 13.2 Å². The Kier molecular flexibility index (Phi) is 3.46. The Bertz CT molecular complexity index is 649. The molecule has 1 atom stereocenters. The third-order valence-corrected chi connectivity index (χ3v) is 4.36. The molecule has 1 aliphatic heterocycles. The third kappa shape index (κ3) is 2.30. The van der Waals surface area contributed by atoms with Crippen molar-refractivity contribution in [3.05, 3.63) is 64.5 Å². The summed E-state index contributed by atoms with van der Waals surface area (Å²) in [5.74, 6) is -2.98. The van der Waals surface area contributed by atoms with Crippen molar-refractivity contribution in [2.45, 2.75) is 11.2 Å². The fourth-order valence-corrected chi connectivity index (χ4v) is 2.83. The van der Waals surface area contributed by atoms with E-state index in [2.05, 4.69) is 15.9 Å². The summed E-state index contributed by atoms with van der Waals surface area (Å²) in [5, 5.41) is 0. The average Bonchev–Trinajstić information content (AvgIpc) is 2.90. The summed E-state index contributed by atoms with van der Waals surface area (Å²) in [4.78, 5) is -0.405. The molecule has 0 aromatic heterocycles. The summed E-state index contributed by atoms with van der Waals surface area (Å²) in [5.41, 5.74) is 2.25. The molecule has 1 aliphatic rings. The van der Waals surface area contributed by atoms with Gasteiger partial charge in [0.05, 0.1) is 11.4 Å². The molecule has 0 fully saturated rings. The van der Waals surface area contributed by atoms with Gasteiger partial charge in [0, 0.05) is 6.42 Å². The summed E-state index contributed by atoms with van der Waals surface area (Å²) in [6.07, 6.45) is 0.815. The van der Waals surface area contributed by atoms with E-state index in [4.69, 9.17) is 4.74 Å². The van der Waals surface area contributed by atoms with Crippen LogP contribution in [0.1, 0.15) is 21.5 Å². The van der Waals surface area contributed by atoms with Gasteiger partial charge < -0.3 is 4.74 Å². The van der Waals surface area contributed by atoms with Gasteiger partial charge in [-0.3, -0.25) is 0 Å². The zero-order valence-electron chi connectivity index (χ0n) is 10.3. The maximum Gasteiger partial charge on any atom is 0.194 e. The molecule has 1 nitrogen and oxygen atoms in total. The molecule has 3 rings (SSSR count). The van der Waals surface area contributed by atoms with E-state index in [0.717, 1.165) is 35.4 Å². The molecule has 0 bridgehead atoms. The first-order chi connectivity index (χ1) is 9.56. The Labute approximate surface area is 122 Å². The Morgan fingerprint density at radius 3 is 2.40 bits per heavy atom. The van der Waals surface area contributed by atoms with Gasteiger partial charge >= 0.3 is 0 Å². The molecule has 1 unspecified atom stereocenters. The summed E-state index contributed by atoms with van der Waals surface area (Å²) in [7, 11) is 0. The van der Waals surface area contributed by atoms with Crippen molar-refractivity contribution >= 4 is 15.9 Å². The molecule has 0 saturated heterocycles. The Hall–Kier alpha value is -1.49. The molecule has 0 N–H and O–H groups in total. The molecule has 104 valence electrons. The van der Waals surface area contributed by atoms with E-state index in [1.165, 1.54) is 0 Å². The van der Waals surface area contributed by atoms with Crippen LogP contribution < -0.4 is 4.74 Å². The van der Waals surface area contributed by atoms with Crippen molar-refractivity contribution in [1.29, 1.82) is 0 Å². The second-order valence-electron chi connectivity index (χ2n) is 4.63. The zero-order valence-corrected chi connectivity index (χ0v) is 11.9. The highest BCUT2D eigenvalue weighted by molar-refractivity contribution is 9.09. The van der Waals surface area contributed by atoms with Gasteiger partial charge in [-0.2, -0.15) is 0 Å². The number of benzene rings is 2. The van der Waals surface area contributed by atoms with E-state index in [1.807, 2.05) is 18.2 Å². The van der Waals surface area contributed by atoms with Crippen LogP contribution in [0, 0.1) is 17.5 Å². The van der Waals surface area contributed by atoms with E-state index in [0.29, 0.717) is 12.2 Å². The van der Waals surface area contributed by atoms with Crippen LogP contribution >= 0.6 is 15.9 Å². The van der Waals surface area contributed by atoms with E-state index < -0.39 is 22.3 Å². The van der Waals surface area contributed by atoms with Crippen molar-refractivity contribution in [2.24, 2.45) is 0 Å². The lowest BCUT2D eigenvalue weighted by molar-refractivity contribution is 0.357. The van der Waals surface area contributed by atoms with E-state index in [1.54, 1.807) is 0 Å². The third-order valence-electron chi connectivity index (χ3n) is 3.30. The summed E-state index contributed by atoms with van der Waals surface area (Å²) >= 11 is 3.40. The molecule has 1 heterocycles. The number of alkyl halides is 1. The molecule has 20 heavy (non-hydrogen) atoms. The maximum atomic E-state index is 13.3. The quantitative estimate of drug-likeness (QED) is 0.575. The standard InChI is InChI=1S/C15H10BrF3O/c16-14(10-6-11(17)15(19)12(18)7-10)9-1-2-13-8(5-9)3-4-20-13/h1-2,5-7,14H,3-4H2. The Balaban J connectivity index is 1.98. The van der Waals surface area contributed by atoms with E-state index in [9.17, 15) is 13.2 Å². The second kappa shape index (κ2) is 5.13. The lowest BCUT2D eigenvalue weighted by Crippen LogP contribution is -1.99. The highest BCUT2D eigenvalue weighted by atomic mass is 79.9. The number of rotatable bonds is 2. The van der Waals surface area contributed by atoms with Gasteiger partial charge in [0.2, 0.25) is 0 Å². The van der Waals surface area contributed by atoms with Gasteiger partial charge in [-0.05, 0) is 34.9 Å². The molecule has 0 aliphatic carbocycles. The van der Waals surface area contributed by atoms with Crippen LogP contribution in [0.3, 0.4) is 0 Å². The normalized spacial score (nSPS) is 14.8. The molecule has 0 amide bonds. The Morgan fingerprint density at radius 1 is 1.00 bits per heavy atom. The smallest absolute Gasteiger partial charge is 0.194 e. The SMILES string of the molecule is Fc1cc(C(Br)c2ccc3c(c2)CCO3)cc(F)c1F. The van der Waals surface area contributed by atoms with Gasteiger partial charge in [0.1, 0.15) is 5.75 Å². The first-order valence-corrected chi connectivity index (χ1v) is 7.02. The highest BCUT2D eigenvalue weighted by Gasteiger charge is 2.19. The first kappa shape index (κ1) is 13.5. The van der Waals surface area contributed by atoms with Crippen molar-refractivity contribution < 1.29 is 17.9 Å². The van der Waals surface area contributed by atoms with Gasteiger partial charge in [-0.15, -0.1) is 0 Å². The fourth-order valence-electron chi connectivity index (χ4n) is 2.28. The van der Waals surface area contributed by atoms with Crippen LogP contribution in [0.2, 0.25) is 0 Å². The molecule has 2 aromatic rings. The highest BCUT2D eigenvalue weighted by Crippen LogP contribution is 2.36. The molecule has 5 heteroatoms. The van der Waals surface area contributed by atoms with Gasteiger partial charge in [0.25, 0.3) is 0 Å². The molecule has 0 radical (unpaired) electrons. The summed E-state index contributed by atoms with van der Waals surface area (Å²) in [6.45, 7) is 0.644. The Morgan fingerprint density at radius 2 is 1.70 bits per heavy atom. The van der Waals surface area contributed by atoms with E-state index >= 15 is 0 Å². The molecular weight excluding hydrogens is 333 g/mol. The minimum absolute atomic E-state index is 0.334. The second-order valence-corrected chi connectivity index (χ2v) is 5.54. The van der Waals surface area contributed by atoms with Crippen LogP contribution in [0.15, 0.2) is 30.3 Å². The van der Waals surface area contributed by atoms with Crippen molar-refractivity contribution in [3.63, 3.8) is 0 Å². The first-order valence-electron chi connectivity index (χ1n) is 6.10. The van der Waals surface area contributed by atoms with Crippen molar-refractivity contribution in [1.82, 2.24) is 0 Å². The molecule has 0 saturated carbocycles. The topological polar surface area (TPSA) is 9.23 Å². The summed E-state index contributed by atoms with van der Waals surface area (Å²) < 4.78 is 44.9. The maximum absolute atomic E-state index is 13.3. The number of ether oxygens (including phenoxy) is 1. The van der Waals surface area contributed by atoms with Crippen LogP contribution in [0.5, 0.6) is 5.75 Å². The molecule has 2 aromatic carbocycles. The van der Waals surface area contributed by atoms with Gasteiger partial charge in [-0.1, -0.05) is 28.1 Å². The predicted octanol–water partition coefficient (Wildman–Crippen LogP) is 4.52. The molecule has 0 spiro atoms. The minimum Gasteiger partial charge on any atom is -0.493 e. The lowest BCUT2D eigenvalue weighted by atomic mass is 10.0. The minimum atomic E-state index is -1.45. The number of halogens is 4. The van der Waals surface area contributed by atoms with Crippen LogP contribution in [-0.4, -0.2) is 6.61 Å². The van der Waals surface area contributed by atoms with Crippen molar-refractivity contribution in [3.8, 4) is 5.75 Å². The zero-order chi connectivity index (χ0) is 14.3. The van der Waals surface area contributed by atoms with Crippen LogP contribution in [-0.2, 0) is 6.42 Å². The fraction of sp³-hybridized carbons (Fsp3) is 0.200. The number of fused-ring (bicyclic) bond motifs is 1. The van der Waals surface area contributed by atoms with Crippen LogP contribution in [0.4, 0.5) is 13.2 Å². The largest absolute Gasteiger partial charge is 0.493 e. The number of hydrogen-bond acceptors (Lipinski definition) is 1. The monoisotopic (exact) mass is 342 g/mol. The van der Waals surface area contributed by atoms with Crippen LogP contribution in [0.25, 0.3) is 0 Å². The van der Waals surface area contributed by atoms with Gasteiger partial charge in [0.15, 0.2) is 17.5 Å². The predicted molar refractivity (Wildman–Crippen MR) is 72.7 cm³/mol. The van der Waals surface area contributed by atoms with Crippen molar-refractivity contribution in [2.75, 3.05) is 6.61 Å². The number of hydrogen-bond donors (Lipinski definition) is 0. The average molecular weight is 343 g/mol. The van der Waals surface area contributed by atoms with E-state index in [-0.39, 0.29) is 0 Å². The lowest BCUT2D eigenvalue weighted by Gasteiger charge is -2.12.